The van der Waals surface area contributed by atoms with E-state index in [4.69, 9.17) is 16.3 Å². The molecule has 29 heavy (non-hydrogen) atoms. The minimum absolute atomic E-state index is 0. The van der Waals surface area contributed by atoms with E-state index in [2.05, 4.69) is 9.88 Å². The average Bonchev–Trinajstić information content (AvgIpc) is 3.07. The van der Waals surface area contributed by atoms with Crippen LogP contribution >= 0.6 is 35.3 Å². The molecule has 156 valence electrons. The third kappa shape index (κ3) is 6.54. The van der Waals surface area contributed by atoms with Crippen LogP contribution in [0.2, 0.25) is 5.02 Å². The molecule has 0 spiro atoms. The third-order valence-corrected chi connectivity index (χ3v) is 5.33. The summed E-state index contributed by atoms with van der Waals surface area (Å²) in [6.07, 6.45) is 0.782. The van der Waals surface area contributed by atoms with Gasteiger partial charge >= 0.3 is 0 Å². The number of fused-ring (bicyclic) bond motifs is 1. The second-order valence-electron chi connectivity index (χ2n) is 6.55. The molecule has 3 rings (SSSR count). The number of carbonyl (C=O) groups excluding carboxylic acids is 1. The molecule has 0 N–H and O–H groups in total. The molecule has 9 heteroatoms. The highest BCUT2D eigenvalue weighted by atomic mass is 35.5. The molecule has 0 saturated heterocycles. The summed E-state index contributed by atoms with van der Waals surface area (Å²) in [4.78, 5) is 21.0. The Bertz CT molecular complexity index is 951. The second-order valence-corrected chi connectivity index (χ2v) is 8.00. The minimum Gasteiger partial charge on any atom is -0.484 e. The molecule has 3 aromatic rings. The minimum atomic E-state index is -0.320. The summed E-state index contributed by atoms with van der Waals surface area (Å²) in [5.74, 6) is 0.0462. The molecule has 0 atom stereocenters. The van der Waals surface area contributed by atoms with Gasteiger partial charge in [-0.25, -0.2) is 9.37 Å². The van der Waals surface area contributed by atoms with E-state index in [1.54, 1.807) is 35.2 Å². The molecule has 0 aliphatic rings. The number of ether oxygens (including phenoxy) is 1. The molecule has 1 aromatic heterocycles. The molecule has 0 aliphatic carbocycles. The number of halogens is 3. The lowest BCUT2D eigenvalue weighted by Gasteiger charge is -2.21. The fourth-order valence-electron chi connectivity index (χ4n) is 2.63. The molecule has 0 saturated carbocycles. The van der Waals surface area contributed by atoms with Crippen LogP contribution in [0, 0.1) is 5.82 Å². The lowest BCUT2D eigenvalue weighted by molar-refractivity contribution is -0.120. The average molecular weight is 458 g/mol. The number of nitrogens with zero attached hydrogens (tertiary/aromatic N) is 3. The fraction of sp³-hybridized carbons (Fsp3) is 0.300. The monoisotopic (exact) mass is 457 g/mol. The molecule has 2 aromatic carbocycles. The summed E-state index contributed by atoms with van der Waals surface area (Å²) < 4.78 is 19.8. The van der Waals surface area contributed by atoms with Crippen LogP contribution in [0.3, 0.4) is 0 Å². The normalized spacial score (nSPS) is 10.8. The standard InChI is InChI=1S/C20H21ClFN3O2S.ClH/c1-24(2)10-3-11-25(19(26)13-27-16-7-4-14(21)5-8-16)20-23-17-9-6-15(22)12-18(17)28-20;/h4-9,12H,3,10-11,13H2,1-2H3;1H. The largest absolute Gasteiger partial charge is 0.484 e. The Kier molecular flexibility index (Phi) is 8.64. The highest BCUT2D eigenvalue weighted by Gasteiger charge is 2.20. The van der Waals surface area contributed by atoms with Crippen molar-refractivity contribution in [3.63, 3.8) is 0 Å². The number of rotatable bonds is 8. The van der Waals surface area contributed by atoms with Gasteiger partial charge in [0.25, 0.3) is 5.91 Å². The summed E-state index contributed by atoms with van der Waals surface area (Å²) in [6, 6.07) is 11.3. The Morgan fingerprint density at radius 1 is 1.17 bits per heavy atom. The number of hydrogen-bond acceptors (Lipinski definition) is 5. The summed E-state index contributed by atoms with van der Waals surface area (Å²) in [5, 5.41) is 1.15. The van der Waals surface area contributed by atoms with Gasteiger partial charge < -0.3 is 9.64 Å². The molecular formula is C20H22Cl2FN3O2S. The summed E-state index contributed by atoms with van der Waals surface area (Å²) in [7, 11) is 3.96. The van der Waals surface area contributed by atoms with Gasteiger partial charge in [0.2, 0.25) is 0 Å². The van der Waals surface area contributed by atoms with Gasteiger partial charge in [-0.2, -0.15) is 0 Å². The van der Waals surface area contributed by atoms with Crippen LogP contribution < -0.4 is 9.64 Å². The highest BCUT2D eigenvalue weighted by Crippen LogP contribution is 2.29. The van der Waals surface area contributed by atoms with Crippen molar-refractivity contribution in [2.75, 3.05) is 38.7 Å². The van der Waals surface area contributed by atoms with E-state index in [1.165, 1.54) is 23.5 Å². The first-order valence-corrected chi connectivity index (χ1v) is 10.0. The van der Waals surface area contributed by atoms with Crippen molar-refractivity contribution < 1.29 is 13.9 Å². The van der Waals surface area contributed by atoms with Crippen LogP contribution in [0.4, 0.5) is 9.52 Å². The van der Waals surface area contributed by atoms with Crippen molar-refractivity contribution in [3.8, 4) is 5.75 Å². The van der Waals surface area contributed by atoms with E-state index in [-0.39, 0.29) is 30.7 Å². The number of aromatic nitrogens is 1. The quantitative estimate of drug-likeness (QED) is 0.483. The van der Waals surface area contributed by atoms with E-state index in [0.717, 1.165) is 13.0 Å². The number of benzene rings is 2. The van der Waals surface area contributed by atoms with Gasteiger partial charge in [0.1, 0.15) is 11.6 Å². The summed E-state index contributed by atoms with van der Waals surface area (Å²) >= 11 is 7.17. The fourth-order valence-corrected chi connectivity index (χ4v) is 3.79. The van der Waals surface area contributed by atoms with Crippen LogP contribution in [0.1, 0.15) is 6.42 Å². The maximum Gasteiger partial charge on any atom is 0.266 e. The lowest BCUT2D eigenvalue weighted by atomic mass is 10.3. The molecule has 0 unspecified atom stereocenters. The Morgan fingerprint density at radius 3 is 2.59 bits per heavy atom. The van der Waals surface area contributed by atoms with Gasteiger partial charge in [0.15, 0.2) is 11.7 Å². The molecule has 1 heterocycles. The van der Waals surface area contributed by atoms with E-state index < -0.39 is 0 Å². The zero-order chi connectivity index (χ0) is 20.1. The first kappa shape index (κ1) is 23.3. The van der Waals surface area contributed by atoms with Gasteiger partial charge in [0, 0.05) is 11.6 Å². The predicted molar refractivity (Wildman–Crippen MR) is 119 cm³/mol. The highest BCUT2D eigenvalue weighted by molar-refractivity contribution is 7.22. The molecule has 5 nitrogen and oxygen atoms in total. The number of amides is 1. The second kappa shape index (κ2) is 10.7. The van der Waals surface area contributed by atoms with Crippen molar-refractivity contribution in [1.82, 2.24) is 9.88 Å². The molecular weight excluding hydrogens is 436 g/mol. The topological polar surface area (TPSA) is 45.7 Å². The van der Waals surface area contributed by atoms with Crippen molar-refractivity contribution in [3.05, 3.63) is 53.3 Å². The van der Waals surface area contributed by atoms with Crippen LogP contribution in [0.5, 0.6) is 5.75 Å². The summed E-state index contributed by atoms with van der Waals surface area (Å²) in [6.45, 7) is 1.22. The predicted octanol–water partition coefficient (Wildman–Crippen LogP) is 4.87. The molecule has 0 fully saturated rings. The van der Waals surface area contributed by atoms with Crippen LogP contribution in [0.15, 0.2) is 42.5 Å². The molecule has 0 aliphatic heterocycles. The molecule has 0 radical (unpaired) electrons. The van der Waals surface area contributed by atoms with Gasteiger partial charge in [-0.1, -0.05) is 22.9 Å². The van der Waals surface area contributed by atoms with Crippen LogP contribution in [0.25, 0.3) is 10.2 Å². The third-order valence-electron chi connectivity index (χ3n) is 4.03. The van der Waals surface area contributed by atoms with Gasteiger partial charge in [-0.15, -0.1) is 12.4 Å². The number of thiazole rings is 1. The zero-order valence-electron chi connectivity index (χ0n) is 16.1. The Labute approximate surface area is 184 Å². The van der Waals surface area contributed by atoms with E-state index in [9.17, 15) is 9.18 Å². The van der Waals surface area contributed by atoms with Gasteiger partial charge in [-0.3, -0.25) is 9.69 Å². The zero-order valence-corrected chi connectivity index (χ0v) is 18.5. The summed E-state index contributed by atoms with van der Waals surface area (Å²) in [5.41, 5.74) is 0.672. The lowest BCUT2D eigenvalue weighted by Crippen LogP contribution is -2.36. The first-order chi connectivity index (χ1) is 13.4. The van der Waals surface area contributed by atoms with Crippen molar-refractivity contribution in [1.29, 1.82) is 0 Å². The van der Waals surface area contributed by atoms with Crippen molar-refractivity contribution >= 4 is 56.6 Å². The number of anilines is 1. The van der Waals surface area contributed by atoms with Crippen molar-refractivity contribution in [2.45, 2.75) is 6.42 Å². The van der Waals surface area contributed by atoms with E-state index >= 15 is 0 Å². The molecule has 1 amide bonds. The van der Waals surface area contributed by atoms with E-state index in [0.29, 0.717) is 32.7 Å². The SMILES string of the molecule is CN(C)CCCN(C(=O)COc1ccc(Cl)cc1)c1nc2ccc(F)cc2s1.Cl. The number of carbonyl (C=O) groups is 1. The first-order valence-electron chi connectivity index (χ1n) is 8.82. The Hall–Kier alpha value is -1.93. The maximum absolute atomic E-state index is 13.5. The van der Waals surface area contributed by atoms with Gasteiger partial charge in [-0.05, 0) is 69.5 Å². The maximum atomic E-state index is 13.5. The smallest absolute Gasteiger partial charge is 0.266 e. The van der Waals surface area contributed by atoms with Gasteiger partial charge in [0.05, 0.1) is 10.2 Å². The van der Waals surface area contributed by atoms with Crippen molar-refractivity contribution in [2.24, 2.45) is 0 Å². The Balaban J connectivity index is 0.00000300. The number of hydrogen-bond donors (Lipinski definition) is 0. The Morgan fingerprint density at radius 2 is 1.90 bits per heavy atom. The van der Waals surface area contributed by atoms with E-state index in [1.807, 2.05) is 14.1 Å². The molecule has 0 bridgehead atoms. The van der Waals surface area contributed by atoms with Crippen LogP contribution in [-0.4, -0.2) is 49.6 Å². The van der Waals surface area contributed by atoms with Crippen LogP contribution in [-0.2, 0) is 4.79 Å².